The van der Waals surface area contributed by atoms with Gasteiger partial charge in [-0.25, -0.2) is 4.98 Å². The van der Waals surface area contributed by atoms with Crippen molar-refractivity contribution in [3.05, 3.63) is 29.6 Å². The second kappa shape index (κ2) is 4.78. The Morgan fingerprint density at radius 3 is 2.83 bits per heavy atom. The molecule has 1 aromatic heterocycles. The van der Waals surface area contributed by atoms with Crippen LogP contribution in [0.1, 0.15) is 17.3 Å². The van der Waals surface area contributed by atoms with Gasteiger partial charge in [-0.15, -0.1) is 0 Å². The van der Waals surface area contributed by atoms with Gasteiger partial charge in [-0.3, -0.25) is 4.79 Å². The van der Waals surface area contributed by atoms with Crippen LogP contribution in [0.5, 0.6) is 0 Å². The molecular formula is C13H17N3O2. The number of nitrogens with one attached hydrogen (secondary N) is 1. The Bertz CT molecular complexity index is 575. The first-order valence-corrected chi connectivity index (χ1v) is 5.81. The third-order valence-electron chi connectivity index (χ3n) is 2.87. The molecule has 1 atom stereocenters. The predicted molar refractivity (Wildman–Crippen MR) is 69.8 cm³/mol. The van der Waals surface area contributed by atoms with Crippen molar-refractivity contribution >= 4 is 17.0 Å². The van der Waals surface area contributed by atoms with Crippen LogP contribution in [0.2, 0.25) is 0 Å². The zero-order valence-electron chi connectivity index (χ0n) is 10.8. The quantitative estimate of drug-likeness (QED) is 0.861. The van der Waals surface area contributed by atoms with E-state index in [1.165, 1.54) is 0 Å². The molecule has 5 nitrogen and oxygen atoms in total. The summed E-state index contributed by atoms with van der Waals surface area (Å²) in [7, 11) is 3.74. The summed E-state index contributed by atoms with van der Waals surface area (Å²) >= 11 is 0. The Hall–Kier alpha value is -1.88. The highest BCUT2D eigenvalue weighted by Crippen LogP contribution is 2.21. The van der Waals surface area contributed by atoms with Crippen molar-refractivity contribution in [1.82, 2.24) is 14.9 Å². The molecule has 0 saturated carbocycles. The van der Waals surface area contributed by atoms with Gasteiger partial charge in [-0.05, 0) is 38.7 Å². The van der Waals surface area contributed by atoms with Crippen molar-refractivity contribution in [2.45, 2.75) is 12.8 Å². The Morgan fingerprint density at radius 1 is 1.50 bits per heavy atom. The highest BCUT2D eigenvalue weighted by atomic mass is 16.4. The van der Waals surface area contributed by atoms with E-state index in [2.05, 4.69) is 9.97 Å². The van der Waals surface area contributed by atoms with Crippen LogP contribution in [0, 0.1) is 6.92 Å². The molecule has 0 amide bonds. The van der Waals surface area contributed by atoms with Crippen molar-refractivity contribution in [1.29, 1.82) is 0 Å². The maximum atomic E-state index is 11.3. The van der Waals surface area contributed by atoms with Crippen LogP contribution in [0.15, 0.2) is 18.2 Å². The summed E-state index contributed by atoms with van der Waals surface area (Å²) in [5.74, 6) is -0.492. The van der Waals surface area contributed by atoms with E-state index in [1.807, 2.05) is 44.1 Å². The van der Waals surface area contributed by atoms with Gasteiger partial charge in [0.25, 0.3) is 0 Å². The van der Waals surface area contributed by atoms with E-state index in [1.54, 1.807) is 0 Å². The summed E-state index contributed by atoms with van der Waals surface area (Å²) in [5, 5.41) is 9.30. The van der Waals surface area contributed by atoms with Gasteiger partial charge in [0.05, 0.1) is 17.0 Å². The molecule has 2 N–H and O–H groups in total. The first-order valence-electron chi connectivity index (χ1n) is 5.81. The number of imidazole rings is 1. The van der Waals surface area contributed by atoms with Crippen molar-refractivity contribution in [3.63, 3.8) is 0 Å². The molecule has 0 fully saturated rings. The fourth-order valence-electron chi connectivity index (χ4n) is 2.06. The maximum Gasteiger partial charge on any atom is 0.312 e. The van der Waals surface area contributed by atoms with Gasteiger partial charge >= 0.3 is 5.97 Å². The van der Waals surface area contributed by atoms with E-state index in [0.29, 0.717) is 6.54 Å². The molecule has 0 saturated heterocycles. The highest BCUT2D eigenvalue weighted by molar-refractivity contribution is 5.81. The smallest absolute Gasteiger partial charge is 0.312 e. The van der Waals surface area contributed by atoms with Gasteiger partial charge in [-0.2, -0.15) is 0 Å². The van der Waals surface area contributed by atoms with E-state index in [-0.39, 0.29) is 0 Å². The fraction of sp³-hybridized carbons (Fsp3) is 0.385. The second-order valence-electron chi connectivity index (χ2n) is 4.75. The van der Waals surface area contributed by atoms with Gasteiger partial charge in [0, 0.05) is 6.54 Å². The number of fused-ring (bicyclic) bond motifs is 1. The lowest BCUT2D eigenvalue weighted by Gasteiger charge is -2.17. The highest BCUT2D eigenvalue weighted by Gasteiger charge is 2.21. The third-order valence-corrected chi connectivity index (χ3v) is 2.87. The van der Waals surface area contributed by atoms with Crippen molar-refractivity contribution in [3.8, 4) is 0 Å². The molecule has 0 bridgehead atoms. The number of aromatic amines is 1. The molecule has 18 heavy (non-hydrogen) atoms. The number of carbonyl (C=O) groups is 1. The lowest BCUT2D eigenvalue weighted by atomic mass is 9.98. The van der Waals surface area contributed by atoms with Gasteiger partial charge in [-0.1, -0.05) is 6.07 Å². The topological polar surface area (TPSA) is 69.2 Å². The van der Waals surface area contributed by atoms with Crippen LogP contribution in [-0.4, -0.2) is 46.6 Å². The summed E-state index contributed by atoms with van der Waals surface area (Å²) in [6, 6.07) is 5.57. The molecule has 5 heteroatoms. The Labute approximate surface area is 105 Å². The lowest BCUT2D eigenvalue weighted by molar-refractivity contribution is -0.139. The van der Waals surface area contributed by atoms with E-state index < -0.39 is 11.9 Å². The average Bonchev–Trinajstić information content (AvgIpc) is 2.64. The molecule has 0 aliphatic rings. The molecule has 0 aliphatic carbocycles. The number of nitrogens with zero attached hydrogens (tertiary/aromatic N) is 2. The van der Waals surface area contributed by atoms with Crippen LogP contribution in [0.25, 0.3) is 11.0 Å². The summed E-state index contributed by atoms with van der Waals surface area (Å²) in [4.78, 5) is 20.6. The average molecular weight is 247 g/mol. The minimum Gasteiger partial charge on any atom is -0.481 e. The van der Waals surface area contributed by atoms with Crippen LogP contribution in [0.4, 0.5) is 0 Å². The number of carboxylic acids is 1. The number of benzene rings is 1. The first kappa shape index (κ1) is 12.6. The molecular weight excluding hydrogens is 230 g/mol. The molecule has 1 aromatic carbocycles. The minimum absolute atomic E-state index is 0.480. The van der Waals surface area contributed by atoms with Crippen LogP contribution in [0.3, 0.4) is 0 Å². The summed E-state index contributed by atoms with van der Waals surface area (Å²) in [6.45, 7) is 2.36. The van der Waals surface area contributed by atoms with Crippen LogP contribution >= 0.6 is 0 Å². The predicted octanol–water partition coefficient (Wildman–Crippen LogP) is 1.60. The zero-order chi connectivity index (χ0) is 13.3. The van der Waals surface area contributed by atoms with Gasteiger partial charge in [0.1, 0.15) is 5.82 Å². The van der Waals surface area contributed by atoms with Crippen LogP contribution in [-0.2, 0) is 4.79 Å². The number of hydrogen-bond acceptors (Lipinski definition) is 3. The van der Waals surface area contributed by atoms with Crippen molar-refractivity contribution in [2.75, 3.05) is 20.6 Å². The van der Waals surface area contributed by atoms with Gasteiger partial charge < -0.3 is 15.0 Å². The third kappa shape index (κ3) is 2.51. The summed E-state index contributed by atoms with van der Waals surface area (Å²) in [6.07, 6.45) is 0. The van der Waals surface area contributed by atoms with Gasteiger partial charge in [0.15, 0.2) is 0 Å². The monoisotopic (exact) mass is 247 g/mol. The zero-order valence-corrected chi connectivity index (χ0v) is 10.8. The molecule has 2 rings (SSSR count). The summed E-state index contributed by atoms with van der Waals surface area (Å²) in [5.41, 5.74) is 2.55. The second-order valence-corrected chi connectivity index (χ2v) is 4.75. The van der Waals surface area contributed by atoms with E-state index in [9.17, 15) is 9.90 Å². The number of likely N-dealkylation sites (N-methyl/N-ethyl adjacent to an activating group) is 1. The van der Waals surface area contributed by atoms with Crippen molar-refractivity contribution < 1.29 is 9.90 Å². The Balaban J connectivity index is 2.40. The number of aryl methyl sites for hydroxylation is 1. The van der Waals surface area contributed by atoms with E-state index in [4.69, 9.17) is 0 Å². The Kier molecular flexibility index (Phi) is 3.34. The molecule has 0 radical (unpaired) electrons. The standard InChI is InChI=1S/C13H17N3O2/c1-8-14-11-5-4-9(6-12(11)15-8)10(13(17)18)7-16(2)3/h4-6,10H,7H2,1-3H3,(H,14,15)(H,17,18). The van der Waals surface area contributed by atoms with Crippen molar-refractivity contribution in [2.24, 2.45) is 0 Å². The van der Waals surface area contributed by atoms with Crippen LogP contribution < -0.4 is 0 Å². The van der Waals surface area contributed by atoms with E-state index >= 15 is 0 Å². The fourth-order valence-corrected chi connectivity index (χ4v) is 2.06. The number of rotatable bonds is 4. The molecule has 96 valence electrons. The largest absolute Gasteiger partial charge is 0.481 e. The normalized spacial score (nSPS) is 13.1. The SMILES string of the molecule is Cc1nc2ccc(C(CN(C)C)C(=O)O)cc2[nH]1. The maximum absolute atomic E-state index is 11.3. The molecule has 0 spiro atoms. The number of hydrogen-bond donors (Lipinski definition) is 2. The lowest BCUT2D eigenvalue weighted by Crippen LogP contribution is -2.25. The number of aliphatic carboxylic acids is 1. The van der Waals surface area contributed by atoms with Gasteiger partial charge in [0.2, 0.25) is 0 Å². The number of carboxylic acid groups (broad SMARTS) is 1. The number of H-pyrrole nitrogens is 1. The molecule has 1 unspecified atom stereocenters. The first-order chi connectivity index (χ1) is 8.47. The molecule has 0 aliphatic heterocycles. The Morgan fingerprint density at radius 2 is 2.22 bits per heavy atom. The molecule has 1 heterocycles. The summed E-state index contributed by atoms with van der Waals surface area (Å²) < 4.78 is 0. The minimum atomic E-state index is -0.806. The number of aromatic nitrogens is 2. The van der Waals surface area contributed by atoms with E-state index in [0.717, 1.165) is 22.4 Å². The molecule has 2 aromatic rings.